The fraction of sp³-hybridized carbons (Fsp3) is 0.174. The standard InChI is InChI=1S/C23H21BrClN5O2/c1-15-22(24)16(2)30(27-15)13-17-5-3-7-19(11-17)26-23(31)21-9-10-29(28-21)14-32-20-8-4-6-18(25)12-20/h3-12H,13-14H2,1-2H3,(H,26,31). The van der Waals surface area contributed by atoms with Crippen LogP contribution in [0.3, 0.4) is 0 Å². The van der Waals surface area contributed by atoms with Gasteiger partial charge < -0.3 is 10.1 Å². The van der Waals surface area contributed by atoms with E-state index < -0.39 is 0 Å². The summed E-state index contributed by atoms with van der Waals surface area (Å²) in [6.45, 7) is 4.75. The molecule has 0 bridgehead atoms. The molecular formula is C23H21BrClN5O2. The van der Waals surface area contributed by atoms with Crippen LogP contribution >= 0.6 is 27.5 Å². The number of rotatable bonds is 7. The molecule has 164 valence electrons. The Kier molecular flexibility index (Phi) is 6.62. The molecule has 0 saturated heterocycles. The highest BCUT2D eigenvalue weighted by molar-refractivity contribution is 9.10. The number of halogens is 2. The molecule has 0 saturated carbocycles. The van der Waals surface area contributed by atoms with Crippen molar-refractivity contribution in [1.29, 1.82) is 0 Å². The van der Waals surface area contributed by atoms with Crippen LogP contribution in [-0.4, -0.2) is 25.5 Å². The highest BCUT2D eigenvalue weighted by Crippen LogP contribution is 2.21. The number of hydrogen-bond acceptors (Lipinski definition) is 4. The van der Waals surface area contributed by atoms with Gasteiger partial charge in [0.25, 0.3) is 5.91 Å². The average molecular weight is 515 g/mol. The fourth-order valence-corrected chi connectivity index (χ4v) is 3.66. The molecule has 32 heavy (non-hydrogen) atoms. The number of benzene rings is 2. The zero-order valence-electron chi connectivity index (χ0n) is 17.5. The van der Waals surface area contributed by atoms with E-state index in [0.717, 1.165) is 21.4 Å². The maximum absolute atomic E-state index is 12.6. The summed E-state index contributed by atoms with van der Waals surface area (Å²) in [6.07, 6.45) is 1.69. The van der Waals surface area contributed by atoms with Crippen LogP contribution in [-0.2, 0) is 13.3 Å². The minimum Gasteiger partial charge on any atom is -0.471 e. The fourth-order valence-electron chi connectivity index (χ4n) is 3.20. The van der Waals surface area contributed by atoms with Gasteiger partial charge in [-0.25, -0.2) is 4.68 Å². The first-order valence-corrected chi connectivity index (χ1v) is 11.1. The number of carbonyl (C=O) groups excluding carboxylic acids is 1. The smallest absolute Gasteiger partial charge is 0.276 e. The second-order valence-electron chi connectivity index (χ2n) is 7.27. The van der Waals surface area contributed by atoms with Gasteiger partial charge in [-0.2, -0.15) is 10.2 Å². The van der Waals surface area contributed by atoms with Gasteiger partial charge in [0.2, 0.25) is 0 Å². The van der Waals surface area contributed by atoms with Crippen LogP contribution < -0.4 is 10.1 Å². The Morgan fingerprint density at radius 3 is 2.69 bits per heavy atom. The minimum absolute atomic E-state index is 0.168. The Morgan fingerprint density at radius 1 is 1.12 bits per heavy atom. The molecule has 0 aliphatic carbocycles. The zero-order valence-corrected chi connectivity index (χ0v) is 19.9. The summed E-state index contributed by atoms with van der Waals surface area (Å²) in [7, 11) is 0. The molecule has 1 amide bonds. The molecule has 2 heterocycles. The summed E-state index contributed by atoms with van der Waals surface area (Å²) < 4.78 is 10.1. The number of nitrogens with one attached hydrogen (secondary N) is 1. The third-order valence-electron chi connectivity index (χ3n) is 4.84. The Labute approximate surface area is 199 Å². The van der Waals surface area contributed by atoms with Crippen molar-refractivity contribution < 1.29 is 9.53 Å². The lowest BCUT2D eigenvalue weighted by atomic mass is 10.2. The van der Waals surface area contributed by atoms with Gasteiger partial charge in [-0.3, -0.25) is 9.48 Å². The third-order valence-corrected chi connectivity index (χ3v) is 6.23. The van der Waals surface area contributed by atoms with Crippen molar-refractivity contribution in [1.82, 2.24) is 19.6 Å². The molecule has 0 unspecified atom stereocenters. The Hall–Kier alpha value is -3.10. The van der Waals surface area contributed by atoms with Gasteiger partial charge in [-0.05, 0) is 71.7 Å². The predicted octanol–water partition coefficient (Wildman–Crippen LogP) is 5.45. The largest absolute Gasteiger partial charge is 0.471 e. The maximum atomic E-state index is 12.6. The van der Waals surface area contributed by atoms with Crippen LogP contribution in [0, 0.1) is 13.8 Å². The number of aromatic nitrogens is 4. The molecule has 0 atom stereocenters. The van der Waals surface area contributed by atoms with E-state index in [4.69, 9.17) is 16.3 Å². The van der Waals surface area contributed by atoms with Gasteiger partial charge in [0.15, 0.2) is 12.4 Å². The lowest BCUT2D eigenvalue weighted by molar-refractivity contribution is 0.102. The van der Waals surface area contributed by atoms with E-state index in [1.807, 2.05) is 42.8 Å². The molecular weight excluding hydrogens is 494 g/mol. The Bertz CT molecular complexity index is 1270. The molecule has 0 radical (unpaired) electrons. The second-order valence-corrected chi connectivity index (χ2v) is 8.50. The number of anilines is 1. The normalized spacial score (nSPS) is 10.9. The van der Waals surface area contributed by atoms with Crippen molar-refractivity contribution in [2.24, 2.45) is 0 Å². The van der Waals surface area contributed by atoms with Crippen LogP contribution in [0.1, 0.15) is 27.4 Å². The summed E-state index contributed by atoms with van der Waals surface area (Å²) in [6, 6.07) is 16.4. The number of nitrogens with zero attached hydrogens (tertiary/aromatic N) is 4. The lowest BCUT2D eigenvalue weighted by Gasteiger charge is -2.08. The van der Waals surface area contributed by atoms with Gasteiger partial charge >= 0.3 is 0 Å². The van der Waals surface area contributed by atoms with Crippen molar-refractivity contribution >= 4 is 39.1 Å². The Balaban J connectivity index is 1.39. The molecule has 0 aliphatic rings. The first-order valence-electron chi connectivity index (χ1n) is 9.90. The lowest BCUT2D eigenvalue weighted by Crippen LogP contribution is -2.14. The summed E-state index contributed by atoms with van der Waals surface area (Å²) in [5, 5.41) is 12.3. The van der Waals surface area contributed by atoms with Gasteiger partial charge in [0.05, 0.1) is 22.4 Å². The van der Waals surface area contributed by atoms with E-state index in [1.54, 1.807) is 41.2 Å². The third kappa shape index (κ3) is 5.20. The van der Waals surface area contributed by atoms with Gasteiger partial charge in [0.1, 0.15) is 5.75 Å². The SMILES string of the molecule is Cc1nn(Cc2cccc(NC(=O)c3ccn(COc4cccc(Cl)c4)n3)c2)c(C)c1Br. The van der Waals surface area contributed by atoms with E-state index in [-0.39, 0.29) is 12.6 Å². The molecule has 9 heteroatoms. The molecule has 4 rings (SSSR count). The monoisotopic (exact) mass is 513 g/mol. The highest BCUT2D eigenvalue weighted by atomic mass is 79.9. The zero-order chi connectivity index (χ0) is 22.7. The number of carbonyl (C=O) groups is 1. The first-order chi connectivity index (χ1) is 15.4. The van der Waals surface area contributed by atoms with Crippen LogP contribution in [0.15, 0.2) is 65.3 Å². The van der Waals surface area contributed by atoms with E-state index in [0.29, 0.717) is 28.7 Å². The number of hydrogen-bond donors (Lipinski definition) is 1. The van der Waals surface area contributed by atoms with Crippen molar-refractivity contribution in [3.05, 3.63) is 92.9 Å². The summed E-state index contributed by atoms with van der Waals surface area (Å²) >= 11 is 9.51. The first kappa shape index (κ1) is 22.1. The van der Waals surface area contributed by atoms with Gasteiger partial charge in [0, 0.05) is 16.9 Å². The van der Waals surface area contributed by atoms with Crippen LogP contribution in [0.2, 0.25) is 5.02 Å². The molecule has 2 aromatic carbocycles. The molecule has 4 aromatic rings. The summed E-state index contributed by atoms with van der Waals surface area (Å²) in [4.78, 5) is 12.6. The maximum Gasteiger partial charge on any atom is 0.276 e. The van der Waals surface area contributed by atoms with Crippen LogP contribution in [0.25, 0.3) is 0 Å². The van der Waals surface area contributed by atoms with Gasteiger partial charge in [-0.15, -0.1) is 0 Å². The van der Waals surface area contributed by atoms with E-state index in [9.17, 15) is 4.79 Å². The number of amides is 1. The number of ether oxygens (including phenoxy) is 1. The van der Waals surface area contributed by atoms with Crippen LogP contribution in [0.5, 0.6) is 5.75 Å². The Morgan fingerprint density at radius 2 is 1.94 bits per heavy atom. The van der Waals surface area contributed by atoms with Crippen molar-refractivity contribution in [2.45, 2.75) is 27.1 Å². The van der Waals surface area contributed by atoms with E-state index >= 15 is 0 Å². The molecule has 7 nitrogen and oxygen atoms in total. The predicted molar refractivity (Wildman–Crippen MR) is 127 cm³/mol. The highest BCUT2D eigenvalue weighted by Gasteiger charge is 2.12. The topological polar surface area (TPSA) is 74.0 Å². The molecule has 0 fully saturated rings. The average Bonchev–Trinajstić information content (AvgIpc) is 3.34. The van der Waals surface area contributed by atoms with Crippen molar-refractivity contribution in [3.8, 4) is 5.75 Å². The quantitative estimate of drug-likeness (QED) is 0.356. The van der Waals surface area contributed by atoms with Crippen LogP contribution in [0.4, 0.5) is 5.69 Å². The minimum atomic E-state index is -0.294. The van der Waals surface area contributed by atoms with Gasteiger partial charge in [-0.1, -0.05) is 29.8 Å². The molecule has 2 aromatic heterocycles. The number of aryl methyl sites for hydroxylation is 1. The molecule has 1 N–H and O–H groups in total. The summed E-state index contributed by atoms with van der Waals surface area (Å²) in [5.74, 6) is 0.336. The summed E-state index contributed by atoms with van der Waals surface area (Å²) in [5.41, 5.74) is 4.02. The van der Waals surface area contributed by atoms with E-state index in [2.05, 4.69) is 31.4 Å². The van der Waals surface area contributed by atoms with Crippen molar-refractivity contribution in [2.75, 3.05) is 5.32 Å². The molecule has 0 aliphatic heterocycles. The van der Waals surface area contributed by atoms with E-state index in [1.165, 1.54) is 0 Å². The molecule has 0 spiro atoms. The second kappa shape index (κ2) is 9.58. The van der Waals surface area contributed by atoms with Crippen molar-refractivity contribution in [3.63, 3.8) is 0 Å².